The van der Waals surface area contributed by atoms with Crippen LogP contribution in [0.3, 0.4) is 0 Å². The van der Waals surface area contributed by atoms with Crippen molar-refractivity contribution in [2.24, 2.45) is 5.41 Å². The second kappa shape index (κ2) is 11.6. The van der Waals surface area contributed by atoms with Crippen molar-refractivity contribution in [2.75, 3.05) is 47.1 Å². The van der Waals surface area contributed by atoms with Crippen LogP contribution in [0.4, 0.5) is 0 Å². The van der Waals surface area contributed by atoms with Gasteiger partial charge in [0.05, 0.1) is 13.2 Å². The molecule has 0 atom stereocenters. The molecule has 0 fully saturated rings. The van der Waals surface area contributed by atoms with Crippen molar-refractivity contribution in [3.63, 3.8) is 0 Å². The molecule has 3 nitrogen and oxygen atoms in total. The number of methoxy groups -OCH3 is 2. The molecule has 0 aliphatic heterocycles. The van der Waals surface area contributed by atoms with Gasteiger partial charge < -0.3 is 9.47 Å². The maximum Gasteiger partial charge on any atom is 1.00 e. The number of hydrogen-bond donors (Lipinski definition) is 0. The standard InChI is InChI=1S/C13H26NO2.Li/c1-6-7-13(2,3)12-14(8-10-15-4)9-11-16-5;/h6-7H,1,8-12H2,2-5H3;/q;+1. The van der Waals surface area contributed by atoms with E-state index in [4.69, 9.17) is 9.47 Å². The van der Waals surface area contributed by atoms with E-state index in [0.717, 1.165) is 32.8 Å². The molecule has 0 aliphatic carbocycles. The Bertz CT molecular complexity index is 157. The van der Waals surface area contributed by atoms with Crippen molar-refractivity contribution < 1.29 is 28.3 Å². The van der Waals surface area contributed by atoms with Gasteiger partial charge in [-0.15, -0.1) is 0 Å². The molecule has 0 aliphatic rings. The minimum absolute atomic E-state index is 0. The molecule has 0 heterocycles. The largest absolute Gasteiger partial charge is 1.00 e. The van der Waals surface area contributed by atoms with E-state index in [1.165, 1.54) is 0 Å². The van der Waals surface area contributed by atoms with Crippen LogP contribution >= 0.6 is 0 Å². The summed E-state index contributed by atoms with van der Waals surface area (Å²) >= 11 is 0. The van der Waals surface area contributed by atoms with Gasteiger partial charge in [0, 0.05) is 33.9 Å². The van der Waals surface area contributed by atoms with E-state index in [1.807, 2.05) is 6.42 Å². The van der Waals surface area contributed by atoms with Gasteiger partial charge in [0.1, 0.15) is 0 Å². The van der Waals surface area contributed by atoms with Crippen LogP contribution in [0.5, 0.6) is 0 Å². The molecule has 0 aromatic heterocycles. The van der Waals surface area contributed by atoms with Crippen LogP contribution in [-0.2, 0) is 9.47 Å². The molecule has 0 saturated heterocycles. The van der Waals surface area contributed by atoms with Crippen LogP contribution in [0, 0.1) is 25.2 Å². The van der Waals surface area contributed by atoms with E-state index in [-0.39, 0.29) is 24.3 Å². The fourth-order valence-electron chi connectivity index (χ4n) is 1.66. The molecule has 95 valence electrons. The van der Waals surface area contributed by atoms with E-state index in [9.17, 15) is 0 Å². The Morgan fingerprint density at radius 2 is 1.59 bits per heavy atom. The van der Waals surface area contributed by atoms with Crippen molar-refractivity contribution in [2.45, 2.75) is 13.8 Å². The third-order valence-electron chi connectivity index (χ3n) is 2.42. The van der Waals surface area contributed by atoms with Gasteiger partial charge in [-0.2, -0.15) is 0 Å². The predicted molar refractivity (Wildman–Crippen MR) is 67.9 cm³/mol. The molecule has 0 aromatic carbocycles. The number of rotatable bonds is 10. The summed E-state index contributed by atoms with van der Waals surface area (Å²) in [5.41, 5.74) is 0.142. The molecule has 0 bridgehead atoms. The maximum atomic E-state index is 5.11. The SMILES string of the molecule is [CH2][CH][CH]C(C)(C)CN(CCOC)CCOC.[Li+]. The first-order chi connectivity index (χ1) is 7.55. The van der Waals surface area contributed by atoms with E-state index in [2.05, 4.69) is 32.1 Å². The Hall–Kier alpha value is 0.477. The van der Waals surface area contributed by atoms with Gasteiger partial charge in [-0.05, 0) is 25.2 Å². The third-order valence-corrected chi connectivity index (χ3v) is 2.42. The van der Waals surface area contributed by atoms with Crippen molar-refractivity contribution >= 4 is 0 Å². The second-order valence-corrected chi connectivity index (χ2v) is 4.65. The molecule has 0 amide bonds. The topological polar surface area (TPSA) is 21.7 Å². The van der Waals surface area contributed by atoms with Gasteiger partial charge in [0.2, 0.25) is 0 Å². The molecule has 0 aromatic rings. The third kappa shape index (κ3) is 11.3. The molecule has 4 heteroatoms. The van der Waals surface area contributed by atoms with Crippen molar-refractivity contribution in [1.82, 2.24) is 4.90 Å². The Balaban J connectivity index is 0. The minimum Gasteiger partial charge on any atom is -0.383 e. The Labute approximate surface area is 119 Å². The first-order valence-electron chi connectivity index (χ1n) is 5.73. The molecular formula is C13H26LiNO2+. The van der Waals surface area contributed by atoms with Crippen LogP contribution in [0.1, 0.15) is 13.8 Å². The van der Waals surface area contributed by atoms with Crippen LogP contribution in [0.2, 0.25) is 0 Å². The number of nitrogens with zero attached hydrogens (tertiary/aromatic N) is 1. The molecular weight excluding hydrogens is 209 g/mol. The summed E-state index contributed by atoms with van der Waals surface area (Å²) in [7, 11) is 3.46. The molecule has 0 rings (SSSR count). The smallest absolute Gasteiger partial charge is 0.383 e. The van der Waals surface area contributed by atoms with Gasteiger partial charge in [-0.1, -0.05) is 13.8 Å². The first-order valence-corrected chi connectivity index (χ1v) is 5.73. The monoisotopic (exact) mass is 235 g/mol. The van der Waals surface area contributed by atoms with E-state index in [0.29, 0.717) is 0 Å². The Kier molecular flexibility index (Phi) is 13.5. The zero-order valence-corrected chi connectivity index (χ0v) is 12.2. The zero-order chi connectivity index (χ0) is 12.4. The second-order valence-electron chi connectivity index (χ2n) is 4.65. The quantitative estimate of drug-likeness (QED) is 0.447. The average molecular weight is 235 g/mol. The fraction of sp³-hybridized carbons (Fsp3) is 0.769. The number of hydrogen-bond acceptors (Lipinski definition) is 3. The van der Waals surface area contributed by atoms with Crippen LogP contribution in [-0.4, -0.2) is 52.0 Å². The molecule has 3 radical (unpaired) electrons. The molecule has 0 saturated carbocycles. The summed E-state index contributed by atoms with van der Waals surface area (Å²) in [5, 5.41) is 0. The Morgan fingerprint density at radius 1 is 1.12 bits per heavy atom. The van der Waals surface area contributed by atoms with Gasteiger partial charge in [0.15, 0.2) is 0 Å². The van der Waals surface area contributed by atoms with Crippen LogP contribution in [0.25, 0.3) is 0 Å². The van der Waals surface area contributed by atoms with E-state index >= 15 is 0 Å². The summed E-state index contributed by atoms with van der Waals surface area (Å²) in [5.74, 6) is 0. The van der Waals surface area contributed by atoms with Crippen molar-refractivity contribution in [3.05, 3.63) is 19.8 Å². The molecule has 0 unspecified atom stereocenters. The average Bonchev–Trinajstić information content (AvgIpc) is 2.21. The summed E-state index contributed by atoms with van der Waals surface area (Å²) in [6, 6.07) is 0. The summed E-state index contributed by atoms with van der Waals surface area (Å²) in [6.45, 7) is 12.6. The van der Waals surface area contributed by atoms with Crippen LogP contribution in [0.15, 0.2) is 0 Å². The van der Waals surface area contributed by atoms with Crippen molar-refractivity contribution in [3.8, 4) is 0 Å². The summed E-state index contributed by atoms with van der Waals surface area (Å²) < 4.78 is 10.2. The first kappa shape index (κ1) is 19.8. The minimum atomic E-state index is 0. The fourth-order valence-corrected chi connectivity index (χ4v) is 1.66. The molecule has 17 heavy (non-hydrogen) atoms. The van der Waals surface area contributed by atoms with E-state index in [1.54, 1.807) is 14.2 Å². The van der Waals surface area contributed by atoms with Crippen LogP contribution < -0.4 is 18.9 Å². The Morgan fingerprint density at radius 3 is 1.94 bits per heavy atom. The molecule has 0 N–H and O–H groups in total. The predicted octanol–water partition coefficient (Wildman–Crippen LogP) is -1.15. The number of ether oxygens (including phenoxy) is 2. The maximum absolute atomic E-state index is 5.11. The molecule has 0 spiro atoms. The van der Waals surface area contributed by atoms with Gasteiger partial charge in [0.25, 0.3) is 0 Å². The van der Waals surface area contributed by atoms with Gasteiger partial charge in [-0.3, -0.25) is 4.90 Å². The normalized spacial score (nSPS) is 11.6. The summed E-state index contributed by atoms with van der Waals surface area (Å²) in [6.07, 6.45) is 4.00. The van der Waals surface area contributed by atoms with E-state index < -0.39 is 0 Å². The van der Waals surface area contributed by atoms with Gasteiger partial charge in [-0.25, -0.2) is 0 Å². The summed E-state index contributed by atoms with van der Waals surface area (Å²) in [4.78, 5) is 2.35. The van der Waals surface area contributed by atoms with Crippen molar-refractivity contribution in [1.29, 1.82) is 0 Å². The van der Waals surface area contributed by atoms with Gasteiger partial charge >= 0.3 is 18.9 Å². The zero-order valence-electron chi connectivity index (χ0n) is 12.2.